The Labute approximate surface area is 240 Å². The molecule has 1 saturated heterocycles. The quantitative estimate of drug-likeness (QED) is 0.388. The molecule has 41 heavy (non-hydrogen) atoms. The van der Waals surface area contributed by atoms with Gasteiger partial charge < -0.3 is 24.9 Å². The number of carbonyl (C=O) groups excluding carboxylic acids is 3. The molecule has 0 saturated carbocycles. The van der Waals surface area contributed by atoms with Crippen molar-refractivity contribution < 1.29 is 23.2 Å². The first-order chi connectivity index (χ1) is 19.5. The molecular formula is C31H40FN5O4. The van der Waals surface area contributed by atoms with Gasteiger partial charge in [0.1, 0.15) is 17.4 Å². The van der Waals surface area contributed by atoms with E-state index in [1.54, 1.807) is 48.0 Å². The summed E-state index contributed by atoms with van der Waals surface area (Å²) < 4.78 is 19.3. The number of oxazole rings is 1. The first kappa shape index (κ1) is 30.2. The van der Waals surface area contributed by atoms with Gasteiger partial charge in [-0.3, -0.25) is 14.4 Å². The van der Waals surface area contributed by atoms with E-state index in [-0.39, 0.29) is 42.0 Å². The molecule has 1 aliphatic heterocycles. The van der Waals surface area contributed by atoms with Gasteiger partial charge in [-0.15, -0.1) is 0 Å². The third kappa shape index (κ3) is 7.30. The number of halogens is 1. The van der Waals surface area contributed by atoms with Crippen molar-refractivity contribution in [2.75, 3.05) is 26.7 Å². The van der Waals surface area contributed by atoms with Crippen molar-refractivity contribution >= 4 is 28.8 Å². The molecule has 3 aromatic rings. The van der Waals surface area contributed by atoms with E-state index in [2.05, 4.69) is 15.6 Å². The van der Waals surface area contributed by atoms with Crippen LogP contribution in [0.3, 0.4) is 0 Å². The molecule has 1 aromatic heterocycles. The number of nitrogens with one attached hydrogen (secondary N) is 2. The van der Waals surface area contributed by atoms with Crippen LogP contribution in [0.5, 0.6) is 0 Å². The topological polar surface area (TPSA) is 108 Å². The minimum Gasteiger partial charge on any atom is -0.432 e. The van der Waals surface area contributed by atoms with Crippen molar-refractivity contribution in [1.82, 2.24) is 25.4 Å². The van der Waals surface area contributed by atoms with Crippen LogP contribution in [0.4, 0.5) is 4.39 Å². The van der Waals surface area contributed by atoms with E-state index in [4.69, 9.17) is 4.42 Å². The second-order valence-electron chi connectivity index (χ2n) is 11.8. The van der Waals surface area contributed by atoms with Gasteiger partial charge in [-0.2, -0.15) is 0 Å². The molecular weight excluding hydrogens is 525 g/mol. The highest BCUT2D eigenvalue weighted by atomic mass is 19.1. The highest BCUT2D eigenvalue weighted by Gasteiger charge is 2.41. The molecule has 1 fully saturated rings. The van der Waals surface area contributed by atoms with E-state index in [0.29, 0.717) is 30.6 Å². The summed E-state index contributed by atoms with van der Waals surface area (Å²) in [5.41, 5.74) is 1.47. The summed E-state index contributed by atoms with van der Waals surface area (Å²) in [4.78, 5) is 48.3. The fourth-order valence-corrected chi connectivity index (χ4v) is 5.07. The predicted octanol–water partition coefficient (Wildman–Crippen LogP) is 3.78. The number of hydrogen-bond acceptors (Lipinski definition) is 6. The van der Waals surface area contributed by atoms with E-state index in [1.807, 2.05) is 32.9 Å². The van der Waals surface area contributed by atoms with Gasteiger partial charge in [-0.1, -0.05) is 45.0 Å². The molecule has 2 N–H and O–H groups in total. The SMILES string of the molecule is CN[C@@H](C)C(=O)N[C@H](C(=O)N1CCC[C@H]1CN(CCc1ccc(F)cc1)C(=O)c1nc2ccccc2o1)C(C)(C)C. The number of benzene rings is 2. The zero-order chi connectivity index (χ0) is 29.7. The summed E-state index contributed by atoms with van der Waals surface area (Å²) in [6.07, 6.45) is 2.00. The summed E-state index contributed by atoms with van der Waals surface area (Å²) in [5.74, 6) is -1.11. The van der Waals surface area contributed by atoms with E-state index < -0.39 is 17.5 Å². The van der Waals surface area contributed by atoms with E-state index in [0.717, 1.165) is 18.4 Å². The number of amides is 3. The number of para-hydroxylation sites is 2. The Morgan fingerprint density at radius 3 is 2.51 bits per heavy atom. The number of carbonyl (C=O) groups is 3. The van der Waals surface area contributed by atoms with Gasteiger partial charge in [-0.05, 0) is 68.5 Å². The van der Waals surface area contributed by atoms with Crippen LogP contribution in [0.1, 0.15) is 56.8 Å². The number of nitrogens with zero attached hydrogens (tertiary/aromatic N) is 3. The molecule has 2 heterocycles. The Kier molecular flexibility index (Phi) is 9.42. The maximum absolute atomic E-state index is 13.9. The minimum absolute atomic E-state index is 0.0120. The molecule has 2 aromatic carbocycles. The summed E-state index contributed by atoms with van der Waals surface area (Å²) >= 11 is 0. The molecule has 10 heteroatoms. The van der Waals surface area contributed by atoms with Gasteiger partial charge in [0, 0.05) is 25.7 Å². The maximum atomic E-state index is 13.9. The van der Waals surface area contributed by atoms with E-state index >= 15 is 0 Å². The van der Waals surface area contributed by atoms with Crippen LogP contribution in [0.25, 0.3) is 11.1 Å². The summed E-state index contributed by atoms with van der Waals surface area (Å²) in [6.45, 7) is 8.68. The van der Waals surface area contributed by atoms with Crippen LogP contribution in [0.15, 0.2) is 52.9 Å². The lowest BCUT2D eigenvalue weighted by Gasteiger charge is -2.37. The average molecular weight is 566 g/mol. The summed E-state index contributed by atoms with van der Waals surface area (Å²) in [5, 5.41) is 5.86. The Morgan fingerprint density at radius 1 is 1.15 bits per heavy atom. The third-order valence-corrected chi connectivity index (χ3v) is 7.66. The number of aromatic nitrogens is 1. The molecule has 3 atom stereocenters. The molecule has 0 unspecified atom stereocenters. The number of fused-ring (bicyclic) bond motifs is 1. The largest absolute Gasteiger partial charge is 0.432 e. The van der Waals surface area contributed by atoms with Gasteiger partial charge in [0.25, 0.3) is 5.89 Å². The lowest BCUT2D eigenvalue weighted by molar-refractivity contribution is -0.140. The average Bonchev–Trinajstić information content (AvgIpc) is 3.60. The van der Waals surface area contributed by atoms with Crippen molar-refractivity contribution in [1.29, 1.82) is 0 Å². The minimum atomic E-state index is -0.730. The normalized spacial score (nSPS) is 16.9. The molecule has 1 aliphatic rings. The summed E-state index contributed by atoms with van der Waals surface area (Å²) in [6, 6.07) is 12.0. The summed E-state index contributed by atoms with van der Waals surface area (Å²) in [7, 11) is 1.70. The first-order valence-corrected chi connectivity index (χ1v) is 14.2. The lowest BCUT2D eigenvalue weighted by atomic mass is 9.85. The van der Waals surface area contributed by atoms with Crippen LogP contribution >= 0.6 is 0 Å². The Morgan fingerprint density at radius 2 is 1.85 bits per heavy atom. The monoisotopic (exact) mass is 565 g/mol. The van der Waals surface area contributed by atoms with Gasteiger partial charge >= 0.3 is 5.91 Å². The smallest absolute Gasteiger partial charge is 0.309 e. The van der Waals surface area contributed by atoms with Crippen LogP contribution in [-0.2, 0) is 16.0 Å². The number of hydrogen-bond donors (Lipinski definition) is 2. The highest BCUT2D eigenvalue weighted by molar-refractivity contribution is 5.93. The molecule has 4 rings (SSSR count). The van der Waals surface area contributed by atoms with Crippen LogP contribution in [-0.4, -0.2) is 77.3 Å². The number of likely N-dealkylation sites (N-methyl/N-ethyl adjacent to an activating group) is 1. The van der Waals surface area contributed by atoms with Crippen molar-refractivity contribution in [3.63, 3.8) is 0 Å². The number of rotatable bonds is 10. The molecule has 9 nitrogen and oxygen atoms in total. The molecule has 0 bridgehead atoms. The Hall–Kier alpha value is -3.79. The van der Waals surface area contributed by atoms with Crippen molar-refractivity contribution in [3.05, 3.63) is 65.8 Å². The standard InChI is InChI=1S/C31H40FN5O4/c1-20(33-5)27(38)35-26(31(2,3)4)29(39)37-17-8-9-23(37)19-36(18-16-21-12-14-22(32)15-13-21)30(40)28-34-24-10-6-7-11-25(24)41-28/h6-7,10-15,20,23,26,33H,8-9,16-19H2,1-5H3,(H,35,38)/t20-,23-,26+/m0/s1. The molecule has 0 radical (unpaired) electrons. The Bertz CT molecular complexity index is 1330. The maximum Gasteiger partial charge on any atom is 0.309 e. The zero-order valence-corrected chi connectivity index (χ0v) is 24.4. The Balaban J connectivity index is 1.57. The van der Waals surface area contributed by atoms with Crippen molar-refractivity contribution in [2.45, 2.75) is 65.1 Å². The van der Waals surface area contributed by atoms with Crippen molar-refractivity contribution in [2.24, 2.45) is 5.41 Å². The molecule has 220 valence electrons. The number of likely N-dealkylation sites (tertiary alicyclic amines) is 1. The van der Waals surface area contributed by atoms with E-state index in [9.17, 15) is 18.8 Å². The van der Waals surface area contributed by atoms with Crippen LogP contribution in [0.2, 0.25) is 0 Å². The fourth-order valence-electron chi connectivity index (χ4n) is 5.07. The van der Waals surface area contributed by atoms with E-state index in [1.165, 1.54) is 12.1 Å². The predicted molar refractivity (Wildman–Crippen MR) is 155 cm³/mol. The highest BCUT2D eigenvalue weighted by Crippen LogP contribution is 2.27. The van der Waals surface area contributed by atoms with Gasteiger partial charge in [0.2, 0.25) is 11.8 Å². The van der Waals surface area contributed by atoms with Gasteiger partial charge in [-0.25, -0.2) is 9.37 Å². The lowest BCUT2D eigenvalue weighted by Crippen LogP contribution is -2.59. The molecule has 3 amide bonds. The third-order valence-electron chi connectivity index (χ3n) is 7.66. The second-order valence-corrected chi connectivity index (χ2v) is 11.8. The second kappa shape index (κ2) is 12.8. The van der Waals surface area contributed by atoms with Gasteiger partial charge in [0.05, 0.1) is 6.04 Å². The molecule has 0 spiro atoms. The first-order valence-electron chi connectivity index (χ1n) is 14.2. The van der Waals surface area contributed by atoms with Crippen molar-refractivity contribution in [3.8, 4) is 0 Å². The van der Waals surface area contributed by atoms with Gasteiger partial charge in [0.15, 0.2) is 5.58 Å². The fraction of sp³-hybridized carbons (Fsp3) is 0.484. The van der Waals surface area contributed by atoms with Crippen LogP contribution < -0.4 is 10.6 Å². The zero-order valence-electron chi connectivity index (χ0n) is 24.4. The molecule has 0 aliphatic carbocycles. The van der Waals surface area contributed by atoms with Crippen LogP contribution in [0, 0.1) is 11.2 Å².